The molecule has 0 aliphatic heterocycles. The predicted octanol–water partition coefficient (Wildman–Crippen LogP) is 15.5. The van der Waals surface area contributed by atoms with Gasteiger partial charge in [-0.3, -0.25) is 14.4 Å². The molecule has 6 nitrogen and oxygen atoms in total. The van der Waals surface area contributed by atoms with Crippen molar-refractivity contribution in [1.82, 2.24) is 0 Å². The minimum absolute atomic E-state index is 0.0648. The highest BCUT2D eigenvalue weighted by Crippen LogP contribution is 2.17. The van der Waals surface area contributed by atoms with Gasteiger partial charge in [0, 0.05) is 19.3 Å². The molecule has 0 aromatic heterocycles. The Morgan fingerprint density at radius 1 is 0.345 bits per heavy atom. The minimum atomic E-state index is -0.758. The van der Waals surface area contributed by atoms with Crippen LogP contribution in [0.3, 0.4) is 0 Å². The van der Waals surface area contributed by atoms with Gasteiger partial charge in [-0.1, -0.05) is 233 Å². The summed E-state index contributed by atoms with van der Waals surface area (Å²) in [4.78, 5) is 37.5. The number of esters is 3. The van der Waals surface area contributed by atoms with E-state index in [1.54, 1.807) is 0 Å². The highest BCUT2D eigenvalue weighted by atomic mass is 16.6. The topological polar surface area (TPSA) is 78.9 Å². The molecule has 0 unspecified atom stereocenters. The number of hydrogen-bond acceptors (Lipinski definition) is 6. The van der Waals surface area contributed by atoms with Gasteiger partial charge in [-0.05, 0) is 25.2 Å². The molecule has 0 bridgehead atoms. The Hall–Kier alpha value is -1.59. The largest absolute Gasteiger partial charge is 0.462 e. The van der Waals surface area contributed by atoms with E-state index in [4.69, 9.17) is 14.2 Å². The standard InChI is InChI=1S/C49H94O6/c1-5-7-9-11-12-13-14-15-16-17-18-19-20-23-26-29-33-36-40-47(50)53-43-46(55-49(52)42-38-31-10-8-6-2)44-54-48(51)41-37-34-30-27-24-21-22-25-28-32-35-39-45(3)4/h45-46H,5-44H2,1-4H3/t46-/m0/s1. The van der Waals surface area contributed by atoms with E-state index in [9.17, 15) is 14.4 Å². The van der Waals surface area contributed by atoms with Gasteiger partial charge in [-0.15, -0.1) is 0 Å². The maximum absolute atomic E-state index is 12.5. The van der Waals surface area contributed by atoms with E-state index in [2.05, 4.69) is 27.7 Å². The van der Waals surface area contributed by atoms with Gasteiger partial charge < -0.3 is 14.2 Å². The summed E-state index contributed by atoms with van der Waals surface area (Å²) in [6.07, 6.45) is 44.1. The second-order valence-corrected chi connectivity index (χ2v) is 17.2. The summed E-state index contributed by atoms with van der Waals surface area (Å²) in [5, 5.41) is 0. The maximum Gasteiger partial charge on any atom is 0.306 e. The Labute approximate surface area is 342 Å². The lowest BCUT2D eigenvalue weighted by molar-refractivity contribution is -0.167. The van der Waals surface area contributed by atoms with E-state index in [0.717, 1.165) is 70.1 Å². The highest BCUT2D eigenvalue weighted by molar-refractivity contribution is 5.71. The van der Waals surface area contributed by atoms with Crippen molar-refractivity contribution < 1.29 is 28.6 Å². The van der Waals surface area contributed by atoms with Crippen molar-refractivity contribution >= 4 is 17.9 Å². The van der Waals surface area contributed by atoms with Gasteiger partial charge in [0.05, 0.1) is 0 Å². The van der Waals surface area contributed by atoms with Crippen LogP contribution >= 0.6 is 0 Å². The third-order valence-electron chi connectivity index (χ3n) is 11.0. The summed E-state index contributed by atoms with van der Waals surface area (Å²) in [6, 6.07) is 0. The predicted molar refractivity (Wildman–Crippen MR) is 233 cm³/mol. The van der Waals surface area contributed by atoms with Gasteiger partial charge in [-0.2, -0.15) is 0 Å². The average Bonchev–Trinajstić information content (AvgIpc) is 3.17. The summed E-state index contributed by atoms with van der Waals surface area (Å²) in [5.41, 5.74) is 0. The van der Waals surface area contributed by atoms with Crippen molar-refractivity contribution in [3.8, 4) is 0 Å². The zero-order chi connectivity index (χ0) is 40.3. The van der Waals surface area contributed by atoms with Crippen LogP contribution in [0.2, 0.25) is 0 Å². The molecule has 0 aliphatic carbocycles. The first-order chi connectivity index (χ1) is 26.9. The second-order valence-electron chi connectivity index (χ2n) is 17.2. The van der Waals surface area contributed by atoms with Crippen LogP contribution in [-0.4, -0.2) is 37.2 Å². The number of carbonyl (C=O) groups excluding carboxylic acids is 3. The Morgan fingerprint density at radius 3 is 0.891 bits per heavy atom. The van der Waals surface area contributed by atoms with E-state index >= 15 is 0 Å². The number of ether oxygens (including phenoxy) is 3. The molecule has 0 fully saturated rings. The SMILES string of the molecule is CCCCCCCCCCCCCCCCCCCCC(=O)OC[C@@H](COC(=O)CCCCCCCCCCCCCC(C)C)OC(=O)CCCCCCC. The number of unbranched alkanes of at least 4 members (excludes halogenated alkanes) is 31. The Balaban J connectivity index is 4.07. The van der Waals surface area contributed by atoms with Gasteiger partial charge >= 0.3 is 17.9 Å². The van der Waals surface area contributed by atoms with Crippen LogP contribution in [0.15, 0.2) is 0 Å². The maximum atomic E-state index is 12.5. The van der Waals surface area contributed by atoms with Gasteiger partial charge in [0.2, 0.25) is 0 Å². The summed E-state index contributed by atoms with van der Waals surface area (Å²) >= 11 is 0. The average molecular weight is 779 g/mol. The Bertz CT molecular complexity index is 826. The molecule has 0 N–H and O–H groups in total. The lowest BCUT2D eigenvalue weighted by Crippen LogP contribution is -2.30. The fraction of sp³-hybridized carbons (Fsp3) is 0.939. The Kier molecular flexibility index (Phi) is 42.3. The van der Waals surface area contributed by atoms with Crippen LogP contribution in [0, 0.1) is 5.92 Å². The minimum Gasteiger partial charge on any atom is -0.462 e. The molecule has 0 spiro atoms. The van der Waals surface area contributed by atoms with Crippen LogP contribution in [0.1, 0.15) is 272 Å². The van der Waals surface area contributed by atoms with Crippen molar-refractivity contribution in [2.24, 2.45) is 5.92 Å². The van der Waals surface area contributed by atoms with Crippen molar-refractivity contribution in [3.05, 3.63) is 0 Å². The molecule has 0 aromatic rings. The normalized spacial score (nSPS) is 11.9. The first kappa shape index (κ1) is 53.4. The molecule has 0 aliphatic rings. The third-order valence-corrected chi connectivity index (χ3v) is 11.0. The number of rotatable bonds is 44. The fourth-order valence-corrected chi connectivity index (χ4v) is 7.33. The molecular weight excluding hydrogens is 685 g/mol. The van der Waals surface area contributed by atoms with Gasteiger partial charge in [0.1, 0.15) is 13.2 Å². The van der Waals surface area contributed by atoms with E-state index in [0.29, 0.717) is 19.3 Å². The molecule has 1 atom stereocenters. The molecule has 0 rings (SSSR count). The van der Waals surface area contributed by atoms with Crippen LogP contribution in [0.5, 0.6) is 0 Å². The van der Waals surface area contributed by atoms with Gasteiger partial charge in [0.15, 0.2) is 6.10 Å². The van der Waals surface area contributed by atoms with Crippen LogP contribution < -0.4 is 0 Å². The quantitative estimate of drug-likeness (QED) is 0.0348. The zero-order valence-corrected chi connectivity index (χ0v) is 37.4. The lowest BCUT2D eigenvalue weighted by Gasteiger charge is -2.18. The summed E-state index contributed by atoms with van der Waals surface area (Å²) in [6.45, 7) is 8.93. The molecule has 0 heterocycles. The molecule has 326 valence electrons. The molecule has 0 saturated carbocycles. The molecular formula is C49H94O6. The highest BCUT2D eigenvalue weighted by Gasteiger charge is 2.19. The monoisotopic (exact) mass is 779 g/mol. The summed E-state index contributed by atoms with van der Waals surface area (Å²) in [5.74, 6) is -0.0378. The van der Waals surface area contributed by atoms with E-state index in [1.165, 1.54) is 161 Å². The van der Waals surface area contributed by atoms with E-state index in [1.807, 2.05) is 0 Å². The van der Waals surface area contributed by atoms with Crippen LogP contribution in [0.25, 0.3) is 0 Å². The number of hydrogen-bond donors (Lipinski definition) is 0. The van der Waals surface area contributed by atoms with Gasteiger partial charge in [0.25, 0.3) is 0 Å². The first-order valence-electron chi connectivity index (χ1n) is 24.4. The first-order valence-corrected chi connectivity index (χ1v) is 24.4. The molecule has 0 saturated heterocycles. The van der Waals surface area contributed by atoms with E-state index < -0.39 is 6.10 Å². The van der Waals surface area contributed by atoms with Gasteiger partial charge in [-0.25, -0.2) is 0 Å². The molecule has 6 heteroatoms. The zero-order valence-electron chi connectivity index (χ0n) is 37.4. The second kappa shape index (κ2) is 43.5. The Morgan fingerprint density at radius 2 is 0.600 bits per heavy atom. The van der Waals surface area contributed by atoms with Crippen molar-refractivity contribution in [2.45, 2.75) is 278 Å². The van der Waals surface area contributed by atoms with Crippen LogP contribution in [0.4, 0.5) is 0 Å². The summed E-state index contributed by atoms with van der Waals surface area (Å²) < 4.78 is 16.6. The smallest absolute Gasteiger partial charge is 0.306 e. The molecule has 0 aromatic carbocycles. The van der Waals surface area contributed by atoms with Crippen molar-refractivity contribution in [2.75, 3.05) is 13.2 Å². The fourth-order valence-electron chi connectivity index (χ4n) is 7.33. The molecule has 0 amide bonds. The van der Waals surface area contributed by atoms with Crippen molar-refractivity contribution in [1.29, 1.82) is 0 Å². The molecule has 55 heavy (non-hydrogen) atoms. The summed E-state index contributed by atoms with van der Waals surface area (Å²) in [7, 11) is 0. The molecule has 0 radical (unpaired) electrons. The lowest BCUT2D eigenvalue weighted by atomic mass is 10.0. The van der Waals surface area contributed by atoms with Crippen LogP contribution in [-0.2, 0) is 28.6 Å². The third kappa shape index (κ3) is 43.4. The van der Waals surface area contributed by atoms with Crippen molar-refractivity contribution in [3.63, 3.8) is 0 Å². The van der Waals surface area contributed by atoms with E-state index in [-0.39, 0.29) is 31.1 Å². The number of carbonyl (C=O) groups is 3.